The fraction of sp³-hybridized carbons (Fsp3) is 0.143. The van der Waals surface area contributed by atoms with Crippen LogP contribution in [-0.4, -0.2) is 21.8 Å². The van der Waals surface area contributed by atoms with Gasteiger partial charge in [0.2, 0.25) is 0 Å². The molecule has 4 nitrogen and oxygen atoms in total. The van der Waals surface area contributed by atoms with Crippen molar-refractivity contribution in [3.63, 3.8) is 0 Å². The number of carbonyl (C=O) groups is 1. The summed E-state index contributed by atoms with van der Waals surface area (Å²) >= 11 is 6.34. The molecule has 1 amide bonds. The van der Waals surface area contributed by atoms with Gasteiger partial charge in [0.05, 0.1) is 5.70 Å². The van der Waals surface area contributed by atoms with E-state index in [1.54, 1.807) is 0 Å². The summed E-state index contributed by atoms with van der Waals surface area (Å²) in [5, 5.41) is 1.03. The van der Waals surface area contributed by atoms with E-state index in [0.29, 0.717) is 9.23 Å². The van der Waals surface area contributed by atoms with Crippen LogP contribution in [0.5, 0.6) is 0 Å². The molecule has 2 N–H and O–H groups in total. The maximum atomic E-state index is 12.2. The number of nitrogens with zero attached hydrogens (tertiary/aromatic N) is 2. The quantitative estimate of drug-likeness (QED) is 0.374. The van der Waals surface area contributed by atoms with E-state index in [4.69, 9.17) is 18.1 Å². The molecule has 1 fully saturated rings. The summed E-state index contributed by atoms with van der Waals surface area (Å²) in [5.74, 6) is 5.41. The molecule has 0 aliphatic carbocycles. The normalized spacial score (nSPS) is 21.7. The van der Waals surface area contributed by atoms with Crippen molar-refractivity contribution in [1.29, 1.82) is 0 Å². The van der Waals surface area contributed by atoms with Crippen molar-refractivity contribution in [3.8, 4) is 0 Å². The van der Waals surface area contributed by atoms with Gasteiger partial charge in [-0.05, 0) is 24.6 Å². The SMILES string of the molecule is CCN1/C(=C2/SC(=S)N(N)C2=O)C=Cc2ccccc21. The number of carbonyl (C=O) groups excluding carboxylic acids is 1. The van der Waals surface area contributed by atoms with Crippen LogP contribution in [0.25, 0.3) is 6.08 Å². The molecule has 2 heterocycles. The first kappa shape index (κ1) is 13.4. The number of hydrogen-bond acceptors (Lipinski definition) is 5. The van der Waals surface area contributed by atoms with E-state index in [2.05, 4.69) is 17.9 Å². The Morgan fingerprint density at radius 1 is 1.30 bits per heavy atom. The Kier molecular flexibility index (Phi) is 3.37. The second kappa shape index (κ2) is 5.05. The van der Waals surface area contributed by atoms with Crippen molar-refractivity contribution in [2.45, 2.75) is 6.92 Å². The number of thiocarbonyl (C=S) groups is 1. The van der Waals surface area contributed by atoms with Gasteiger partial charge in [0.25, 0.3) is 5.91 Å². The zero-order valence-corrected chi connectivity index (χ0v) is 12.5. The highest BCUT2D eigenvalue weighted by molar-refractivity contribution is 8.26. The molecule has 102 valence electrons. The van der Waals surface area contributed by atoms with Crippen LogP contribution in [0, 0.1) is 0 Å². The van der Waals surface area contributed by atoms with Gasteiger partial charge in [0.1, 0.15) is 4.91 Å². The van der Waals surface area contributed by atoms with E-state index < -0.39 is 0 Å². The third kappa shape index (κ3) is 1.96. The Morgan fingerprint density at radius 3 is 2.70 bits per heavy atom. The number of thioether (sulfide) groups is 1. The van der Waals surface area contributed by atoms with Crippen molar-refractivity contribution in [2.24, 2.45) is 5.84 Å². The van der Waals surface area contributed by atoms with E-state index in [-0.39, 0.29) is 5.91 Å². The number of likely N-dealkylation sites (N-methyl/N-ethyl adjacent to an activating group) is 1. The van der Waals surface area contributed by atoms with Gasteiger partial charge in [-0.25, -0.2) is 10.9 Å². The van der Waals surface area contributed by atoms with Crippen LogP contribution in [0.3, 0.4) is 0 Å². The Labute approximate surface area is 126 Å². The van der Waals surface area contributed by atoms with Gasteiger partial charge in [-0.1, -0.05) is 48.3 Å². The molecule has 6 heteroatoms. The first-order valence-electron chi connectivity index (χ1n) is 6.23. The van der Waals surface area contributed by atoms with Crippen LogP contribution in [0.15, 0.2) is 40.9 Å². The fourth-order valence-corrected chi connectivity index (χ4v) is 3.49. The van der Waals surface area contributed by atoms with Crippen LogP contribution in [-0.2, 0) is 4.79 Å². The van der Waals surface area contributed by atoms with Gasteiger partial charge in [0.15, 0.2) is 4.32 Å². The topological polar surface area (TPSA) is 49.6 Å². The number of hydrazine groups is 1. The average molecular weight is 303 g/mol. The molecule has 2 aliphatic rings. The zero-order chi connectivity index (χ0) is 14.3. The van der Waals surface area contributed by atoms with Gasteiger partial charge in [-0.15, -0.1) is 0 Å². The Balaban J connectivity index is 2.13. The average Bonchev–Trinajstić information content (AvgIpc) is 2.73. The first-order valence-corrected chi connectivity index (χ1v) is 7.46. The fourth-order valence-electron chi connectivity index (χ4n) is 2.34. The highest BCUT2D eigenvalue weighted by Crippen LogP contribution is 2.38. The lowest BCUT2D eigenvalue weighted by Gasteiger charge is -2.30. The number of fused-ring (bicyclic) bond motifs is 1. The maximum absolute atomic E-state index is 12.2. The molecule has 1 aromatic rings. The molecule has 0 atom stereocenters. The molecule has 0 radical (unpaired) electrons. The summed E-state index contributed by atoms with van der Waals surface area (Å²) in [5.41, 5.74) is 3.09. The molecular formula is C14H13N3OS2. The lowest BCUT2D eigenvalue weighted by Crippen LogP contribution is -2.35. The number of rotatable bonds is 1. The lowest BCUT2D eigenvalue weighted by molar-refractivity contribution is -0.122. The van der Waals surface area contributed by atoms with Gasteiger partial charge in [-0.3, -0.25) is 4.79 Å². The number of benzene rings is 1. The lowest BCUT2D eigenvalue weighted by atomic mass is 10.1. The molecule has 20 heavy (non-hydrogen) atoms. The van der Waals surface area contributed by atoms with Gasteiger partial charge >= 0.3 is 0 Å². The monoisotopic (exact) mass is 303 g/mol. The highest BCUT2D eigenvalue weighted by atomic mass is 32.2. The molecular weight excluding hydrogens is 290 g/mol. The standard InChI is InChI=1S/C14H13N3OS2/c1-2-16-10-6-4-3-5-9(10)7-8-11(16)12-13(18)17(15)14(19)20-12/h3-8H,2,15H2,1H3/b12-11+. The highest BCUT2D eigenvalue weighted by Gasteiger charge is 2.34. The van der Waals surface area contributed by atoms with Crippen molar-refractivity contribution in [2.75, 3.05) is 11.4 Å². The van der Waals surface area contributed by atoms with Crippen LogP contribution >= 0.6 is 24.0 Å². The van der Waals surface area contributed by atoms with Crippen molar-refractivity contribution < 1.29 is 4.79 Å². The molecule has 0 bridgehead atoms. The number of allylic oxidation sites excluding steroid dienone is 1. The first-order chi connectivity index (χ1) is 9.63. The van der Waals surface area contributed by atoms with Crippen LogP contribution in [0.4, 0.5) is 5.69 Å². The number of amides is 1. The van der Waals surface area contributed by atoms with Gasteiger partial charge < -0.3 is 4.90 Å². The number of hydrogen-bond donors (Lipinski definition) is 1. The van der Waals surface area contributed by atoms with E-state index in [9.17, 15) is 4.79 Å². The smallest absolute Gasteiger partial charge is 0.282 e. The van der Waals surface area contributed by atoms with E-state index in [1.165, 1.54) is 11.8 Å². The van der Waals surface area contributed by atoms with Crippen molar-refractivity contribution >= 4 is 46.0 Å². The number of para-hydroxylation sites is 1. The number of nitrogens with two attached hydrogens (primary N) is 1. The summed E-state index contributed by atoms with van der Waals surface area (Å²) < 4.78 is 0.390. The predicted octanol–water partition coefficient (Wildman–Crippen LogP) is 2.49. The summed E-state index contributed by atoms with van der Waals surface area (Å²) in [6.45, 7) is 2.82. The molecule has 3 rings (SSSR count). The van der Waals surface area contributed by atoms with Crippen molar-refractivity contribution in [1.82, 2.24) is 5.01 Å². The summed E-state index contributed by atoms with van der Waals surface area (Å²) in [6.07, 6.45) is 3.97. The van der Waals surface area contributed by atoms with E-state index in [0.717, 1.165) is 28.5 Å². The van der Waals surface area contributed by atoms with E-state index >= 15 is 0 Å². The molecule has 1 aromatic carbocycles. The van der Waals surface area contributed by atoms with E-state index in [1.807, 2.05) is 30.4 Å². The minimum absolute atomic E-state index is 0.238. The number of anilines is 1. The van der Waals surface area contributed by atoms with Crippen LogP contribution in [0.2, 0.25) is 0 Å². The summed E-state index contributed by atoms with van der Waals surface area (Å²) in [7, 11) is 0. The molecule has 0 spiro atoms. The third-order valence-corrected chi connectivity index (χ3v) is 4.69. The zero-order valence-electron chi connectivity index (χ0n) is 10.9. The Hall–Kier alpha value is -1.63. The Bertz CT molecular complexity index is 666. The predicted molar refractivity (Wildman–Crippen MR) is 86.7 cm³/mol. The van der Waals surface area contributed by atoms with Crippen LogP contribution < -0.4 is 10.7 Å². The molecule has 2 aliphatic heterocycles. The molecule has 0 saturated carbocycles. The largest absolute Gasteiger partial charge is 0.340 e. The molecule has 0 unspecified atom stereocenters. The van der Waals surface area contributed by atoms with Crippen LogP contribution in [0.1, 0.15) is 12.5 Å². The summed E-state index contributed by atoms with van der Waals surface area (Å²) in [6, 6.07) is 8.10. The second-order valence-corrected chi connectivity index (χ2v) is 6.04. The summed E-state index contributed by atoms with van der Waals surface area (Å²) in [4.78, 5) is 14.9. The van der Waals surface area contributed by atoms with Crippen molar-refractivity contribution in [3.05, 3.63) is 46.5 Å². The minimum Gasteiger partial charge on any atom is -0.340 e. The Morgan fingerprint density at radius 2 is 2.05 bits per heavy atom. The molecule has 0 aromatic heterocycles. The maximum Gasteiger partial charge on any atom is 0.282 e. The van der Waals surface area contributed by atoms with Gasteiger partial charge in [-0.2, -0.15) is 0 Å². The van der Waals surface area contributed by atoms with Gasteiger partial charge in [0, 0.05) is 12.2 Å². The third-order valence-electron chi connectivity index (χ3n) is 3.29. The molecule has 1 saturated heterocycles. The minimum atomic E-state index is -0.238. The second-order valence-electron chi connectivity index (χ2n) is 4.39.